The van der Waals surface area contributed by atoms with Crippen LogP contribution in [0.1, 0.15) is 18.4 Å². The normalized spacial score (nSPS) is 17.5. The summed E-state index contributed by atoms with van der Waals surface area (Å²) in [5.74, 6) is -0.455. The van der Waals surface area contributed by atoms with Crippen molar-refractivity contribution in [2.24, 2.45) is 5.92 Å². The Morgan fingerprint density at radius 2 is 1.87 bits per heavy atom. The lowest BCUT2D eigenvalue weighted by molar-refractivity contribution is -0.126. The van der Waals surface area contributed by atoms with Gasteiger partial charge in [0.05, 0.1) is 17.1 Å². The van der Waals surface area contributed by atoms with Crippen LogP contribution in [0.3, 0.4) is 0 Å². The van der Waals surface area contributed by atoms with Crippen LogP contribution in [-0.2, 0) is 21.4 Å². The number of sulfonamides is 1. The van der Waals surface area contributed by atoms with Gasteiger partial charge in [-0.05, 0) is 42.7 Å². The molecule has 0 spiro atoms. The number of carbonyl (C=O) groups is 1. The highest BCUT2D eigenvalue weighted by molar-refractivity contribution is 7.89. The molecule has 1 atom stereocenters. The van der Waals surface area contributed by atoms with Crippen molar-refractivity contribution in [2.45, 2.75) is 24.3 Å². The van der Waals surface area contributed by atoms with E-state index in [1.54, 1.807) is 42.9 Å². The van der Waals surface area contributed by atoms with Crippen LogP contribution < -0.4 is 5.32 Å². The second-order valence-electron chi connectivity index (χ2n) is 7.37. The standard InChI is InChI=1S/C22H24N4O3S/c27-22(24-15-18-8-10-20(11-9-18)25-14-12-23-17-25)19-5-4-13-26(16-19)30(28,29)21-6-2-1-3-7-21/h1-3,6-12,14,17,19H,4-5,13,15-16H2,(H,24,27). The molecular formula is C22H24N4O3S. The minimum atomic E-state index is -3.58. The van der Waals surface area contributed by atoms with Gasteiger partial charge in [-0.25, -0.2) is 13.4 Å². The second-order valence-corrected chi connectivity index (χ2v) is 9.31. The highest BCUT2D eigenvalue weighted by Crippen LogP contribution is 2.24. The highest BCUT2D eigenvalue weighted by atomic mass is 32.2. The topological polar surface area (TPSA) is 84.3 Å². The van der Waals surface area contributed by atoms with E-state index in [4.69, 9.17) is 0 Å². The first kappa shape index (κ1) is 20.3. The van der Waals surface area contributed by atoms with Gasteiger partial charge in [0, 0.05) is 37.7 Å². The molecule has 3 aromatic rings. The van der Waals surface area contributed by atoms with Crippen LogP contribution in [-0.4, -0.2) is 41.3 Å². The molecule has 1 amide bonds. The number of carbonyl (C=O) groups excluding carboxylic acids is 1. The summed E-state index contributed by atoms with van der Waals surface area (Å²) >= 11 is 0. The molecule has 0 saturated carbocycles. The van der Waals surface area contributed by atoms with Gasteiger partial charge in [0.25, 0.3) is 0 Å². The van der Waals surface area contributed by atoms with Crippen LogP contribution in [0.4, 0.5) is 0 Å². The van der Waals surface area contributed by atoms with Crippen molar-refractivity contribution < 1.29 is 13.2 Å². The fourth-order valence-corrected chi connectivity index (χ4v) is 5.19. The Balaban J connectivity index is 1.35. The van der Waals surface area contributed by atoms with Gasteiger partial charge in [-0.2, -0.15) is 4.31 Å². The smallest absolute Gasteiger partial charge is 0.243 e. The maximum Gasteiger partial charge on any atom is 0.243 e. The number of amides is 1. The third kappa shape index (κ3) is 4.44. The van der Waals surface area contributed by atoms with Crippen molar-refractivity contribution in [1.29, 1.82) is 0 Å². The van der Waals surface area contributed by atoms with Gasteiger partial charge >= 0.3 is 0 Å². The molecule has 0 radical (unpaired) electrons. The monoisotopic (exact) mass is 424 g/mol. The van der Waals surface area contributed by atoms with E-state index >= 15 is 0 Å². The summed E-state index contributed by atoms with van der Waals surface area (Å²) in [4.78, 5) is 17.0. The summed E-state index contributed by atoms with van der Waals surface area (Å²) in [5, 5.41) is 2.96. The van der Waals surface area contributed by atoms with Gasteiger partial charge in [-0.3, -0.25) is 4.79 Å². The van der Waals surface area contributed by atoms with Crippen molar-refractivity contribution in [3.63, 3.8) is 0 Å². The fourth-order valence-electron chi connectivity index (χ4n) is 3.65. The van der Waals surface area contributed by atoms with Crippen molar-refractivity contribution >= 4 is 15.9 Å². The van der Waals surface area contributed by atoms with Crippen molar-refractivity contribution in [3.8, 4) is 5.69 Å². The van der Waals surface area contributed by atoms with Crippen LogP contribution >= 0.6 is 0 Å². The summed E-state index contributed by atoms with van der Waals surface area (Å²) in [6, 6.07) is 16.2. The number of nitrogens with zero attached hydrogens (tertiary/aromatic N) is 3. The van der Waals surface area contributed by atoms with Crippen LogP contribution in [0.2, 0.25) is 0 Å². The molecule has 0 bridgehead atoms. The third-order valence-electron chi connectivity index (χ3n) is 5.34. The second kappa shape index (κ2) is 8.81. The van der Waals surface area contributed by atoms with Crippen molar-refractivity contribution in [3.05, 3.63) is 78.9 Å². The summed E-state index contributed by atoms with van der Waals surface area (Å²) in [5.41, 5.74) is 1.98. The molecule has 1 saturated heterocycles. The number of benzene rings is 2. The molecule has 1 unspecified atom stereocenters. The van der Waals surface area contributed by atoms with Crippen molar-refractivity contribution in [1.82, 2.24) is 19.2 Å². The molecule has 7 nitrogen and oxygen atoms in total. The Bertz CT molecular complexity index is 1080. The van der Waals surface area contributed by atoms with E-state index in [0.29, 0.717) is 25.9 Å². The van der Waals surface area contributed by atoms with Gasteiger partial charge < -0.3 is 9.88 Å². The van der Waals surface area contributed by atoms with E-state index in [1.807, 2.05) is 35.0 Å². The highest BCUT2D eigenvalue weighted by Gasteiger charge is 2.33. The van der Waals surface area contributed by atoms with E-state index in [1.165, 1.54) is 4.31 Å². The first-order valence-corrected chi connectivity index (χ1v) is 11.4. The third-order valence-corrected chi connectivity index (χ3v) is 7.22. The number of piperidine rings is 1. The van der Waals surface area contributed by atoms with Crippen LogP contribution in [0, 0.1) is 5.92 Å². The van der Waals surface area contributed by atoms with E-state index in [2.05, 4.69) is 10.3 Å². The van der Waals surface area contributed by atoms with Gasteiger partial charge in [-0.15, -0.1) is 0 Å². The molecular weight excluding hydrogens is 400 g/mol. The predicted octanol–water partition coefficient (Wildman–Crippen LogP) is 2.59. The maximum atomic E-state index is 12.9. The minimum absolute atomic E-state index is 0.110. The van der Waals surface area contributed by atoms with E-state index in [-0.39, 0.29) is 23.3 Å². The Morgan fingerprint density at radius 3 is 2.57 bits per heavy atom. The quantitative estimate of drug-likeness (QED) is 0.659. The van der Waals surface area contributed by atoms with Gasteiger partial charge in [-0.1, -0.05) is 30.3 Å². The van der Waals surface area contributed by atoms with Crippen molar-refractivity contribution in [2.75, 3.05) is 13.1 Å². The Labute approximate surface area is 176 Å². The van der Waals surface area contributed by atoms with Gasteiger partial charge in [0.1, 0.15) is 0 Å². The zero-order chi connectivity index (χ0) is 21.0. The maximum absolute atomic E-state index is 12.9. The van der Waals surface area contributed by atoms with Crippen LogP contribution in [0.15, 0.2) is 78.2 Å². The molecule has 1 N–H and O–H groups in total. The Kier molecular flexibility index (Phi) is 5.96. The lowest BCUT2D eigenvalue weighted by Crippen LogP contribution is -2.45. The first-order chi connectivity index (χ1) is 14.5. The van der Waals surface area contributed by atoms with Gasteiger partial charge in [0.15, 0.2) is 0 Å². The summed E-state index contributed by atoms with van der Waals surface area (Å²) in [7, 11) is -3.58. The number of hydrogen-bond donors (Lipinski definition) is 1. The lowest BCUT2D eigenvalue weighted by atomic mass is 9.99. The molecule has 156 valence electrons. The first-order valence-electron chi connectivity index (χ1n) is 9.94. The Hall–Kier alpha value is -2.97. The molecule has 30 heavy (non-hydrogen) atoms. The minimum Gasteiger partial charge on any atom is -0.352 e. The van der Waals surface area contributed by atoms with E-state index in [0.717, 1.165) is 11.3 Å². The number of hydrogen-bond acceptors (Lipinski definition) is 4. The molecule has 1 fully saturated rings. The lowest BCUT2D eigenvalue weighted by Gasteiger charge is -2.31. The van der Waals surface area contributed by atoms with E-state index < -0.39 is 10.0 Å². The zero-order valence-electron chi connectivity index (χ0n) is 16.5. The SMILES string of the molecule is O=C(NCc1ccc(-n2ccnc2)cc1)C1CCCN(S(=O)(=O)c2ccccc2)C1. The molecule has 1 aliphatic heterocycles. The van der Waals surface area contributed by atoms with Crippen LogP contribution in [0.5, 0.6) is 0 Å². The summed E-state index contributed by atoms with van der Waals surface area (Å²) in [6.45, 7) is 1.06. The number of rotatable bonds is 6. The summed E-state index contributed by atoms with van der Waals surface area (Å²) < 4.78 is 29.0. The fraction of sp³-hybridized carbons (Fsp3) is 0.273. The van der Waals surface area contributed by atoms with E-state index in [9.17, 15) is 13.2 Å². The molecule has 1 aromatic heterocycles. The molecule has 2 heterocycles. The molecule has 0 aliphatic carbocycles. The average molecular weight is 425 g/mol. The largest absolute Gasteiger partial charge is 0.352 e. The molecule has 2 aromatic carbocycles. The number of imidazole rings is 1. The zero-order valence-corrected chi connectivity index (χ0v) is 17.3. The molecule has 1 aliphatic rings. The van der Waals surface area contributed by atoms with Crippen LogP contribution in [0.25, 0.3) is 5.69 Å². The Morgan fingerprint density at radius 1 is 1.10 bits per heavy atom. The average Bonchev–Trinajstić information content (AvgIpc) is 3.33. The molecule has 8 heteroatoms. The molecule has 4 rings (SSSR count). The summed E-state index contributed by atoms with van der Waals surface area (Å²) in [6.07, 6.45) is 6.68. The predicted molar refractivity (Wildman–Crippen MR) is 113 cm³/mol. The number of nitrogens with one attached hydrogen (secondary N) is 1. The number of aromatic nitrogens is 2. The van der Waals surface area contributed by atoms with Gasteiger partial charge in [0.2, 0.25) is 15.9 Å².